The van der Waals surface area contributed by atoms with Gasteiger partial charge in [0.15, 0.2) is 8.32 Å². The summed E-state index contributed by atoms with van der Waals surface area (Å²) in [6.45, 7) is 19.0. The maximum atomic E-state index is 6.63. The summed E-state index contributed by atoms with van der Waals surface area (Å²) in [5, 5.41) is 0.202. The van der Waals surface area contributed by atoms with Crippen LogP contribution in [-0.2, 0) is 20.5 Å². The van der Waals surface area contributed by atoms with Crippen LogP contribution in [0.3, 0.4) is 0 Å². The second kappa shape index (κ2) is 8.60. The quantitative estimate of drug-likeness (QED) is 0.415. The molecule has 0 heterocycles. The zero-order valence-electron chi connectivity index (χ0n) is 18.5. The van der Waals surface area contributed by atoms with Crippen LogP contribution in [0.25, 0.3) is 0 Å². The highest BCUT2D eigenvalue weighted by molar-refractivity contribution is 6.74. The third kappa shape index (κ3) is 6.86. The maximum Gasteiger partial charge on any atom is 0.192 e. The first kappa shape index (κ1) is 22.3. The SMILES string of the molecule is CC(C)(C)O[C@@H]1CC(O[Si](C)(C)C(C)(C)C)C=C1COCc1ccccc1. The van der Waals surface area contributed by atoms with E-state index in [0.717, 1.165) is 6.42 Å². The van der Waals surface area contributed by atoms with Gasteiger partial charge < -0.3 is 13.9 Å². The molecule has 0 N–H and O–H groups in total. The van der Waals surface area contributed by atoms with Crippen molar-refractivity contribution in [3.05, 3.63) is 47.5 Å². The summed E-state index contributed by atoms with van der Waals surface area (Å²) < 4.78 is 19.0. The molecule has 0 bridgehead atoms. The molecule has 152 valence electrons. The van der Waals surface area contributed by atoms with E-state index >= 15 is 0 Å². The first-order valence-electron chi connectivity index (χ1n) is 10.1. The molecule has 1 unspecified atom stereocenters. The van der Waals surface area contributed by atoms with Gasteiger partial charge in [-0.3, -0.25) is 0 Å². The van der Waals surface area contributed by atoms with Crippen molar-refractivity contribution in [1.29, 1.82) is 0 Å². The highest BCUT2D eigenvalue weighted by Gasteiger charge is 2.41. The molecule has 2 rings (SSSR count). The van der Waals surface area contributed by atoms with E-state index in [-0.39, 0.29) is 22.8 Å². The predicted molar refractivity (Wildman–Crippen MR) is 115 cm³/mol. The zero-order chi connectivity index (χ0) is 20.3. The third-order valence-corrected chi connectivity index (χ3v) is 9.89. The van der Waals surface area contributed by atoms with Crippen LogP contribution in [0.15, 0.2) is 42.0 Å². The average molecular weight is 391 g/mol. The molecule has 4 heteroatoms. The first-order chi connectivity index (χ1) is 12.4. The van der Waals surface area contributed by atoms with Gasteiger partial charge in [0.05, 0.1) is 31.0 Å². The second-order valence-electron chi connectivity index (χ2n) is 10.1. The van der Waals surface area contributed by atoms with Gasteiger partial charge >= 0.3 is 0 Å². The molecule has 0 spiro atoms. The van der Waals surface area contributed by atoms with Gasteiger partial charge in [-0.2, -0.15) is 0 Å². The zero-order valence-corrected chi connectivity index (χ0v) is 19.5. The Labute approximate surface area is 167 Å². The molecule has 1 aliphatic rings. The lowest BCUT2D eigenvalue weighted by atomic mass is 10.1. The number of hydrogen-bond donors (Lipinski definition) is 0. The molecule has 0 saturated carbocycles. The van der Waals surface area contributed by atoms with Gasteiger partial charge in [-0.25, -0.2) is 0 Å². The van der Waals surface area contributed by atoms with Crippen molar-refractivity contribution < 1.29 is 13.9 Å². The highest BCUT2D eigenvalue weighted by atomic mass is 28.4. The molecular formula is C23H38O3Si. The van der Waals surface area contributed by atoms with Crippen LogP contribution in [0.5, 0.6) is 0 Å². The fraction of sp³-hybridized carbons (Fsp3) is 0.652. The van der Waals surface area contributed by atoms with Crippen molar-refractivity contribution in [1.82, 2.24) is 0 Å². The van der Waals surface area contributed by atoms with Gasteiger partial charge in [0.25, 0.3) is 0 Å². The van der Waals surface area contributed by atoms with Crippen LogP contribution in [-0.4, -0.2) is 32.7 Å². The van der Waals surface area contributed by atoms with Crippen molar-refractivity contribution in [3.8, 4) is 0 Å². The Hall–Kier alpha value is -0.943. The topological polar surface area (TPSA) is 27.7 Å². The minimum atomic E-state index is -1.81. The second-order valence-corrected chi connectivity index (χ2v) is 14.8. The molecule has 1 aromatic rings. The van der Waals surface area contributed by atoms with Crippen LogP contribution in [0.2, 0.25) is 18.1 Å². The fourth-order valence-corrected chi connectivity index (χ4v) is 4.24. The number of benzene rings is 1. The third-order valence-electron chi connectivity index (χ3n) is 5.39. The lowest BCUT2D eigenvalue weighted by molar-refractivity contribution is -0.0534. The molecule has 0 aromatic heterocycles. The molecule has 0 radical (unpaired) electrons. The Morgan fingerprint density at radius 1 is 0.963 bits per heavy atom. The van der Waals surface area contributed by atoms with Crippen molar-refractivity contribution in [2.45, 2.75) is 90.5 Å². The first-order valence-corrected chi connectivity index (χ1v) is 13.0. The van der Waals surface area contributed by atoms with Gasteiger partial charge in [0.1, 0.15) is 0 Å². The fourth-order valence-electron chi connectivity index (χ4n) is 2.97. The molecule has 1 aromatic carbocycles. The van der Waals surface area contributed by atoms with Crippen LogP contribution >= 0.6 is 0 Å². The minimum Gasteiger partial charge on any atom is -0.410 e. The van der Waals surface area contributed by atoms with Crippen molar-refractivity contribution in [3.63, 3.8) is 0 Å². The van der Waals surface area contributed by atoms with E-state index in [1.54, 1.807) is 0 Å². The standard InChI is InChI=1S/C23H38O3Si/c1-22(2,3)25-21-15-20(26-27(7,8)23(4,5)6)14-19(21)17-24-16-18-12-10-9-11-13-18/h9-14,20-21H,15-17H2,1-8H3/t20?,21-/m1/s1. The van der Waals surface area contributed by atoms with Gasteiger partial charge in [0, 0.05) is 6.42 Å². The Morgan fingerprint density at radius 3 is 2.15 bits per heavy atom. The van der Waals surface area contributed by atoms with E-state index < -0.39 is 8.32 Å². The van der Waals surface area contributed by atoms with Gasteiger partial charge in [-0.1, -0.05) is 57.2 Å². The van der Waals surface area contributed by atoms with Crippen molar-refractivity contribution in [2.24, 2.45) is 0 Å². The van der Waals surface area contributed by atoms with E-state index in [1.807, 2.05) is 18.2 Å². The van der Waals surface area contributed by atoms with Crippen LogP contribution in [0.4, 0.5) is 0 Å². The Kier molecular flexibility index (Phi) is 7.12. The summed E-state index contributed by atoms with van der Waals surface area (Å²) in [5.74, 6) is 0. The summed E-state index contributed by atoms with van der Waals surface area (Å²) in [6, 6.07) is 10.3. The van der Waals surface area contributed by atoms with E-state index in [4.69, 9.17) is 13.9 Å². The van der Waals surface area contributed by atoms with Crippen molar-refractivity contribution >= 4 is 8.32 Å². The molecular weight excluding hydrogens is 352 g/mol. The largest absolute Gasteiger partial charge is 0.410 e. The molecule has 2 atom stereocenters. The van der Waals surface area contributed by atoms with E-state index in [9.17, 15) is 0 Å². The van der Waals surface area contributed by atoms with Gasteiger partial charge in [0.2, 0.25) is 0 Å². The molecule has 0 amide bonds. The van der Waals surface area contributed by atoms with Gasteiger partial charge in [-0.15, -0.1) is 0 Å². The molecule has 27 heavy (non-hydrogen) atoms. The number of rotatable bonds is 7. The van der Waals surface area contributed by atoms with Gasteiger partial charge in [-0.05, 0) is 50.0 Å². The summed E-state index contributed by atoms with van der Waals surface area (Å²) in [7, 11) is -1.81. The molecule has 0 aliphatic heterocycles. The molecule has 0 fully saturated rings. The summed E-state index contributed by atoms with van der Waals surface area (Å²) >= 11 is 0. The molecule has 3 nitrogen and oxygen atoms in total. The van der Waals surface area contributed by atoms with Crippen LogP contribution in [0, 0.1) is 0 Å². The van der Waals surface area contributed by atoms with E-state index in [1.165, 1.54) is 11.1 Å². The van der Waals surface area contributed by atoms with Crippen LogP contribution in [0.1, 0.15) is 53.5 Å². The lowest BCUT2D eigenvalue weighted by Crippen LogP contribution is -2.43. The smallest absolute Gasteiger partial charge is 0.192 e. The molecule has 1 aliphatic carbocycles. The maximum absolute atomic E-state index is 6.63. The summed E-state index contributed by atoms with van der Waals surface area (Å²) in [4.78, 5) is 0. The highest BCUT2D eigenvalue weighted by Crippen LogP contribution is 2.40. The minimum absolute atomic E-state index is 0.0653. The summed E-state index contributed by atoms with van der Waals surface area (Å²) in [6.07, 6.45) is 3.32. The monoisotopic (exact) mass is 390 g/mol. The van der Waals surface area contributed by atoms with Crippen LogP contribution < -0.4 is 0 Å². The Morgan fingerprint density at radius 2 is 1.59 bits per heavy atom. The van der Waals surface area contributed by atoms with E-state index in [2.05, 4.69) is 72.8 Å². The number of ether oxygens (including phenoxy) is 2. The van der Waals surface area contributed by atoms with Crippen molar-refractivity contribution in [2.75, 3.05) is 6.61 Å². The lowest BCUT2D eigenvalue weighted by Gasteiger charge is -2.38. The Bertz CT molecular complexity index is 623. The summed E-state index contributed by atoms with van der Waals surface area (Å²) in [5.41, 5.74) is 2.22. The normalized spacial score (nSPS) is 21.4. The molecule has 0 saturated heterocycles. The predicted octanol–water partition coefficient (Wildman–Crippen LogP) is 6.11. The average Bonchev–Trinajstić information content (AvgIpc) is 2.86. The van der Waals surface area contributed by atoms with E-state index in [0.29, 0.717) is 13.2 Å². The number of hydrogen-bond acceptors (Lipinski definition) is 3. The Balaban J connectivity index is 2.03.